The van der Waals surface area contributed by atoms with Crippen LogP contribution in [0.5, 0.6) is 5.75 Å². The highest BCUT2D eigenvalue weighted by molar-refractivity contribution is 9.11. The minimum atomic E-state index is 0.641. The van der Waals surface area contributed by atoms with E-state index >= 15 is 0 Å². The maximum atomic E-state index is 5.22. The van der Waals surface area contributed by atoms with Gasteiger partial charge in [0.25, 0.3) is 0 Å². The predicted octanol–water partition coefficient (Wildman–Crippen LogP) is 4.43. The summed E-state index contributed by atoms with van der Waals surface area (Å²) in [4.78, 5) is 4.19. The first-order valence-corrected chi connectivity index (χ1v) is 6.52. The van der Waals surface area contributed by atoms with Gasteiger partial charge in [-0.3, -0.25) is 0 Å². The van der Waals surface area contributed by atoms with Crippen LogP contribution in [0.1, 0.15) is 18.1 Å². The second-order valence-electron chi connectivity index (χ2n) is 4.03. The van der Waals surface area contributed by atoms with Gasteiger partial charge in [0.2, 0.25) is 0 Å². The minimum Gasteiger partial charge on any atom is -0.497 e. The van der Waals surface area contributed by atoms with Crippen molar-refractivity contribution in [2.75, 3.05) is 7.11 Å². The van der Waals surface area contributed by atoms with E-state index in [0.29, 0.717) is 4.61 Å². The van der Waals surface area contributed by atoms with Gasteiger partial charge in [-0.25, -0.2) is 4.99 Å². The highest BCUT2D eigenvalue weighted by atomic mass is 79.9. The number of aryl methyl sites for hydroxylation is 1. The van der Waals surface area contributed by atoms with Crippen molar-refractivity contribution < 1.29 is 4.74 Å². The monoisotopic (exact) mass is 307 g/mol. The molecule has 1 aromatic rings. The summed E-state index contributed by atoms with van der Waals surface area (Å²) in [6.07, 6.45) is 4.95. The number of hydrogen-bond donors (Lipinski definition) is 0. The van der Waals surface area contributed by atoms with Crippen LogP contribution < -0.4 is 4.74 Å². The summed E-state index contributed by atoms with van der Waals surface area (Å²) in [5, 5.41) is 0. The van der Waals surface area contributed by atoms with Crippen molar-refractivity contribution in [2.24, 2.45) is 4.99 Å². The van der Waals surface area contributed by atoms with Crippen molar-refractivity contribution in [2.45, 2.75) is 20.3 Å². The molecule has 0 aliphatic carbocycles. The van der Waals surface area contributed by atoms with Crippen molar-refractivity contribution in [3.63, 3.8) is 0 Å². The molecule has 0 fully saturated rings. The molecule has 0 saturated heterocycles. The third-order valence-corrected chi connectivity index (χ3v) is 2.73. The molecule has 96 valence electrons. The molecule has 0 radical (unpaired) electrons. The van der Waals surface area contributed by atoms with Gasteiger partial charge in [0.1, 0.15) is 5.75 Å². The van der Waals surface area contributed by atoms with E-state index in [9.17, 15) is 0 Å². The lowest BCUT2D eigenvalue weighted by Gasteiger charge is -2.06. The molecule has 2 nitrogen and oxygen atoms in total. The zero-order valence-electron chi connectivity index (χ0n) is 11.0. The van der Waals surface area contributed by atoms with Crippen LogP contribution in [0, 0.1) is 6.92 Å². The van der Waals surface area contributed by atoms with E-state index < -0.39 is 0 Å². The quantitative estimate of drug-likeness (QED) is 0.582. The van der Waals surface area contributed by atoms with Crippen molar-refractivity contribution >= 4 is 21.6 Å². The smallest absolute Gasteiger partial charge is 0.119 e. The van der Waals surface area contributed by atoms with Gasteiger partial charge in [0, 0.05) is 5.71 Å². The van der Waals surface area contributed by atoms with Gasteiger partial charge < -0.3 is 4.74 Å². The maximum Gasteiger partial charge on any atom is 0.119 e. The molecule has 0 N–H and O–H groups in total. The fourth-order valence-electron chi connectivity index (χ4n) is 1.58. The molecular formula is C15H18BrNO. The van der Waals surface area contributed by atoms with Crippen molar-refractivity contribution in [1.29, 1.82) is 0 Å². The summed E-state index contributed by atoms with van der Waals surface area (Å²) < 4.78 is 5.87. The van der Waals surface area contributed by atoms with Crippen LogP contribution in [-0.2, 0) is 6.42 Å². The number of hydrogen-bond acceptors (Lipinski definition) is 2. The molecular weight excluding hydrogens is 290 g/mol. The van der Waals surface area contributed by atoms with Crippen LogP contribution in [0.3, 0.4) is 0 Å². The molecule has 1 rings (SSSR count). The van der Waals surface area contributed by atoms with Gasteiger partial charge in [-0.05, 0) is 65.5 Å². The number of ether oxygens (including phenoxy) is 1. The third kappa shape index (κ3) is 4.88. The highest BCUT2D eigenvalue weighted by Gasteiger charge is 1.98. The Morgan fingerprint density at radius 3 is 2.83 bits per heavy atom. The maximum absolute atomic E-state index is 5.22. The van der Waals surface area contributed by atoms with Gasteiger partial charge >= 0.3 is 0 Å². The molecule has 0 aromatic heterocycles. The molecule has 0 aliphatic rings. The molecule has 0 aliphatic heterocycles. The van der Waals surface area contributed by atoms with Crippen LogP contribution in [0.4, 0.5) is 0 Å². The van der Waals surface area contributed by atoms with E-state index in [1.54, 1.807) is 7.11 Å². The number of allylic oxidation sites excluding steroid dienone is 2. The molecule has 1 aromatic carbocycles. The summed E-state index contributed by atoms with van der Waals surface area (Å²) in [5.74, 6) is 0.892. The van der Waals surface area contributed by atoms with Gasteiger partial charge in [0.05, 0.1) is 11.7 Å². The summed E-state index contributed by atoms with van der Waals surface area (Å²) in [6, 6.07) is 6.11. The summed E-state index contributed by atoms with van der Waals surface area (Å²) in [5.41, 5.74) is 3.45. The molecule has 0 spiro atoms. The van der Waals surface area contributed by atoms with Crippen LogP contribution in [-0.4, -0.2) is 12.8 Å². The second kappa shape index (κ2) is 7.17. The molecule has 0 amide bonds. The molecule has 0 heterocycles. The average Bonchev–Trinajstić information content (AvgIpc) is 2.30. The summed E-state index contributed by atoms with van der Waals surface area (Å²) in [7, 11) is 1.68. The van der Waals surface area contributed by atoms with E-state index in [2.05, 4.69) is 52.6 Å². The largest absolute Gasteiger partial charge is 0.497 e. The lowest BCUT2D eigenvalue weighted by Crippen LogP contribution is -1.91. The Kier molecular flexibility index (Phi) is 5.86. The van der Waals surface area contributed by atoms with Gasteiger partial charge in [-0.15, -0.1) is 0 Å². The van der Waals surface area contributed by atoms with E-state index in [4.69, 9.17) is 4.74 Å². The molecule has 0 unspecified atom stereocenters. The number of benzene rings is 1. The van der Waals surface area contributed by atoms with Crippen LogP contribution in [0.2, 0.25) is 0 Å². The highest BCUT2D eigenvalue weighted by Crippen LogP contribution is 2.17. The zero-order chi connectivity index (χ0) is 13.5. The molecule has 0 atom stereocenters. The average molecular weight is 308 g/mol. The Balaban J connectivity index is 2.74. The second-order valence-corrected chi connectivity index (χ2v) is 4.94. The van der Waals surface area contributed by atoms with Crippen LogP contribution in [0.15, 0.2) is 46.5 Å². The first-order chi connectivity index (χ1) is 8.52. The summed E-state index contributed by atoms with van der Waals surface area (Å²) in [6.45, 7) is 7.72. The Hall–Kier alpha value is -1.35. The Morgan fingerprint density at radius 2 is 2.22 bits per heavy atom. The predicted molar refractivity (Wildman–Crippen MR) is 81.8 cm³/mol. The topological polar surface area (TPSA) is 21.6 Å². The first kappa shape index (κ1) is 14.7. The third-order valence-electron chi connectivity index (χ3n) is 2.55. The molecule has 0 saturated carbocycles. The standard InChI is InChI=1S/C15H18BrNO/c1-11-8-9-15(18-4)10-14(11)7-5-6-12(2)17-13(3)16/h5-6,8-10H,3,7H2,1-2,4H3/b6-5+,17-12?. The number of rotatable bonds is 5. The number of halogens is 1. The van der Waals surface area contributed by atoms with Crippen molar-refractivity contribution in [3.8, 4) is 5.75 Å². The zero-order valence-corrected chi connectivity index (χ0v) is 12.6. The van der Waals surface area contributed by atoms with Crippen molar-refractivity contribution in [1.82, 2.24) is 0 Å². The van der Waals surface area contributed by atoms with E-state index in [1.807, 2.05) is 19.1 Å². The normalized spacial score (nSPS) is 11.9. The summed E-state index contributed by atoms with van der Waals surface area (Å²) >= 11 is 3.21. The fraction of sp³-hybridized carbons (Fsp3) is 0.267. The van der Waals surface area contributed by atoms with E-state index in [1.165, 1.54) is 11.1 Å². The lowest BCUT2D eigenvalue weighted by molar-refractivity contribution is 0.414. The molecule has 3 heteroatoms. The lowest BCUT2D eigenvalue weighted by atomic mass is 10.0. The Morgan fingerprint density at radius 1 is 1.50 bits per heavy atom. The SMILES string of the molecule is C=C(Br)N=C(C)/C=C/Cc1cc(OC)ccc1C. The number of nitrogens with zero attached hydrogens (tertiary/aromatic N) is 1. The van der Waals surface area contributed by atoms with Gasteiger partial charge in [-0.1, -0.05) is 18.7 Å². The Bertz CT molecular complexity index is 489. The number of aliphatic imine (C=N–C) groups is 1. The van der Waals surface area contributed by atoms with Crippen LogP contribution >= 0.6 is 15.9 Å². The van der Waals surface area contributed by atoms with E-state index in [0.717, 1.165) is 17.9 Å². The van der Waals surface area contributed by atoms with Crippen LogP contribution in [0.25, 0.3) is 0 Å². The number of methoxy groups -OCH3 is 1. The Labute approximate surface area is 117 Å². The molecule has 0 bridgehead atoms. The van der Waals surface area contributed by atoms with Gasteiger partial charge in [-0.2, -0.15) is 0 Å². The van der Waals surface area contributed by atoms with Gasteiger partial charge in [0.15, 0.2) is 0 Å². The first-order valence-electron chi connectivity index (χ1n) is 5.72. The van der Waals surface area contributed by atoms with E-state index in [-0.39, 0.29) is 0 Å². The molecule has 18 heavy (non-hydrogen) atoms. The fourth-order valence-corrected chi connectivity index (χ4v) is 1.86. The minimum absolute atomic E-state index is 0.641. The van der Waals surface area contributed by atoms with Crippen molar-refractivity contribution in [3.05, 3.63) is 52.7 Å².